The van der Waals surface area contributed by atoms with E-state index in [0.29, 0.717) is 16.5 Å². The topological polar surface area (TPSA) is 106 Å². The average Bonchev–Trinajstić information content (AvgIpc) is 3.20. The number of alkyl halides is 3. The summed E-state index contributed by atoms with van der Waals surface area (Å²) in [6.45, 7) is 1.66. The van der Waals surface area contributed by atoms with Crippen molar-refractivity contribution in [1.29, 1.82) is 0 Å². The van der Waals surface area contributed by atoms with Crippen LogP contribution in [0, 0.1) is 0 Å². The van der Waals surface area contributed by atoms with Crippen LogP contribution in [-0.4, -0.2) is 40.5 Å². The zero-order chi connectivity index (χ0) is 23.4. The van der Waals surface area contributed by atoms with Gasteiger partial charge in [-0.3, -0.25) is 4.79 Å². The number of benzene rings is 1. The number of hydrogen-bond acceptors (Lipinski definition) is 8. The monoisotopic (exact) mass is 478 g/mol. The molecule has 1 saturated heterocycles. The van der Waals surface area contributed by atoms with Gasteiger partial charge in [-0.15, -0.1) is 23.4 Å². The number of pyridine rings is 1. The second-order valence-corrected chi connectivity index (χ2v) is 8.63. The molecule has 1 aliphatic heterocycles. The number of aromatic nitrogens is 3. The molecule has 1 atom stereocenters. The summed E-state index contributed by atoms with van der Waals surface area (Å²) in [6.07, 6.45) is -1.20. The minimum Gasteiger partial charge on any atom is -0.406 e. The summed E-state index contributed by atoms with van der Waals surface area (Å²) in [5.41, 5.74) is 7.02. The molecule has 174 valence electrons. The van der Waals surface area contributed by atoms with Crippen molar-refractivity contribution in [3.05, 3.63) is 53.2 Å². The SMILES string of the molecule is Nc1nnc(C2CCCN(c3ccc(NC(=O)Cc4cccc(OC(F)(F)F)c4)nc3)C2)s1. The quantitative estimate of drug-likeness (QED) is 0.552. The van der Waals surface area contributed by atoms with Crippen LogP contribution in [0.2, 0.25) is 0 Å². The number of nitrogen functional groups attached to an aromatic ring is 1. The zero-order valence-electron chi connectivity index (χ0n) is 17.4. The first-order valence-electron chi connectivity index (χ1n) is 10.2. The first kappa shape index (κ1) is 22.8. The smallest absolute Gasteiger partial charge is 0.406 e. The highest BCUT2D eigenvalue weighted by atomic mass is 32.1. The van der Waals surface area contributed by atoms with Gasteiger partial charge in [0.05, 0.1) is 18.3 Å². The predicted molar refractivity (Wildman–Crippen MR) is 118 cm³/mol. The van der Waals surface area contributed by atoms with Gasteiger partial charge in [0.1, 0.15) is 16.6 Å². The van der Waals surface area contributed by atoms with E-state index < -0.39 is 12.3 Å². The molecule has 0 bridgehead atoms. The molecule has 0 saturated carbocycles. The number of carbonyl (C=O) groups excluding carboxylic acids is 1. The van der Waals surface area contributed by atoms with Crippen molar-refractivity contribution in [3.8, 4) is 5.75 Å². The van der Waals surface area contributed by atoms with Gasteiger partial charge >= 0.3 is 6.36 Å². The predicted octanol–water partition coefficient (Wildman–Crippen LogP) is 3.98. The Bertz CT molecular complexity index is 1110. The fraction of sp³-hybridized carbons (Fsp3) is 0.333. The molecule has 1 aromatic carbocycles. The summed E-state index contributed by atoms with van der Waals surface area (Å²) >= 11 is 1.41. The van der Waals surface area contributed by atoms with Gasteiger partial charge in [-0.25, -0.2) is 4.98 Å². The Balaban J connectivity index is 1.34. The Morgan fingerprint density at radius 2 is 2.12 bits per heavy atom. The van der Waals surface area contributed by atoms with E-state index in [-0.39, 0.29) is 18.1 Å². The van der Waals surface area contributed by atoms with Crippen LogP contribution < -0.4 is 20.7 Å². The number of ether oxygens (including phenoxy) is 1. The maximum absolute atomic E-state index is 12.4. The Kier molecular flexibility index (Phi) is 6.63. The van der Waals surface area contributed by atoms with E-state index in [1.54, 1.807) is 18.3 Å². The van der Waals surface area contributed by atoms with Gasteiger partial charge in [0.15, 0.2) is 0 Å². The first-order chi connectivity index (χ1) is 15.7. The second-order valence-electron chi connectivity index (χ2n) is 7.59. The Labute approximate surface area is 191 Å². The molecule has 1 aliphatic rings. The lowest BCUT2D eigenvalue weighted by molar-refractivity contribution is -0.274. The summed E-state index contributed by atoms with van der Waals surface area (Å²) in [6, 6.07) is 8.89. The molecule has 3 heterocycles. The Morgan fingerprint density at radius 3 is 2.82 bits per heavy atom. The van der Waals surface area contributed by atoms with Crippen LogP contribution in [0.5, 0.6) is 5.75 Å². The third-order valence-electron chi connectivity index (χ3n) is 5.10. The summed E-state index contributed by atoms with van der Waals surface area (Å²) in [4.78, 5) is 18.8. The van der Waals surface area contributed by atoms with Crippen LogP contribution in [0.15, 0.2) is 42.6 Å². The van der Waals surface area contributed by atoms with E-state index in [1.165, 1.54) is 29.5 Å². The van der Waals surface area contributed by atoms with Crippen LogP contribution in [-0.2, 0) is 11.2 Å². The summed E-state index contributed by atoms with van der Waals surface area (Å²) in [5, 5.41) is 12.1. The highest BCUT2D eigenvalue weighted by Crippen LogP contribution is 2.32. The summed E-state index contributed by atoms with van der Waals surface area (Å²) < 4.78 is 41.0. The molecule has 1 unspecified atom stereocenters. The molecular formula is C21H21F3N6O2S. The van der Waals surface area contributed by atoms with E-state index in [9.17, 15) is 18.0 Å². The van der Waals surface area contributed by atoms with E-state index in [2.05, 4.69) is 30.1 Å². The lowest BCUT2D eigenvalue weighted by atomic mass is 9.98. The van der Waals surface area contributed by atoms with E-state index in [1.807, 2.05) is 6.07 Å². The molecule has 1 fully saturated rings. The molecule has 0 aliphatic carbocycles. The van der Waals surface area contributed by atoms with E-state index in [4.69, 9.17) is 5.73 Å². The van der Waals surface area contributed by atoms with Crippen molar-refractivity contribution in [2.24, 2.45) is 0 Å². The highest BCUT2D eigenvalue weighted by molar-refractivity contribution is 7.15. The number of carbonyl (C=O) groups is 1. The minimum absolute atomic E-state index is 0.114. The maximum atomic E-state index is 12.4. The summed E-state index contributed by atoms with van der Waals surface area (Å²) in [5.74, 6) is -0.153. The normalized spacial score (nSPS) is 16.5. The molecule has 33 heavy (non-hydrogen) atoms. The van der Waals surface area contributed by atoms with E-state index in [0.717, 1.165) is 36.6 Å². The van der Waals surface area contributed by atoms with Crippen molar-refractivity contribution in [1.82, 2.24) is 15.2 Å². The second kappa shape index (κ2) is 9.61. The largest absolute Gasteiger partial charge is 0.573 e. The van der Waals surface area contributed by atoms with E-state index >= 15 is 0 Å². The molecule has 1 amide bonds. The minimum atomic E-state index is -4.79. The molecular weight excluding hydrogens is 457 g/mol. The summed E-state index contributed by atoms with van der Waals surface area (Å²) in [7, 11) is 0. The van der Waals surface area contributed by atoms with Crippen molar-refractivity contribution in [2.75, 3.05) is 29.0 Å². The number of halogens is 3. The van der Waals surface area contributed by atoms with Crippen LogP contribution in [0.4, 0.5) is 29.8 Å². The fourth-order valence-corrected chi connectivity index (χ4v) is 4.43. The maximum Gasteiger partial charge on any atom is 0.573 e. The third kappa shape index (κ3) is 6.31. The number of hydrogen-bond donors (Lipinski definition) is 2. The van der Waals surface area contributed by atoms with Crippen molar-refractivity contribution >= 4 is 33.9 Å². The van der Waals surface area contributed by atoms with Gasteiger partial charge in [-0.05, 0) is 42.7 Å². The molecule has 2 aromatic heterocycles. The third-order valence-corrected chi connectivity index (χ3v) is 6.02. The van der Waals surface area contributed by atoms with Gasteiger partial charge in [0.25, 0.3) is 0 Å². The van der Waals surface area contributed by atoms with Gasteiger partial charge in [-0.1, -0.05) is 23.5 Å². The Morgan fingerprint density at radius 1 is 1.27 bits per heavy atom. The number of amides is 1. The molecule has 12 heteroatoms. The fourth-order valence-electron chi connectivity index (χ4n) is 3.70. The number of nitrogens with one attached hydrogen (secondary N) is 1. The number of anilines is 3. The van der Waals surface area contributed by atoms with Crippen LogP contribution in [0.25, 0.3) is 0 Å². The van der Waals surface area contributed by atoms with Gasteiger partial charge in [0.2, 0.25) is 11.0 Å². The molecule has 8 nitrogen and oxygen atoms in total. The molecule has 3 N–H and O–H groups in total. The molecule has 4 rings (SSSR count). The molecule has 0 radical (unpaired) electrons. The molecule has 3 aromatic rings. The lowest BCUT2D eigenvalue weighted by Crippen LogP contribution is -2.34. The van der Waals surface area contributed by atoms with Gasteiger partial charge in [-0.2, -0.15) is 0 Å². The van der Waals surface area contributed by atoms with Crippen LogP contribution >= 0.6 is 11.3 Å². The van der Waals surface area contributed by atoms with Crippen molar-refractivity contribution in [2.45, 2.75) is 31.5 Å². The highest BCUT2D eigenvalue weighted by Gasteiger charge is 2.31. The van der Waals surface area contributed by atoms with Crippen LogP contribution in [0.1, 0.15) is 29.3 Å². The molecule has 0 spiro atoms. The first-order valence-corrected chi connectivity index (χ1v) is 11.0. The number of piperidine rings is 1. The van der Waals surface area contributed by atoms with Crippen molar-refractivity contribution in [3.63, 3.8) is 0 Å². The lowest BCUT2D eigenvalue weighted by Gasteiger charge is -2.33. The van der Waals surface area contributed by atoms with Crippen LogP contribution in [0.3, 0.4) is 0 Å². The Hall–Kier alpha value is -3.41. The zero-order valence-corrected chi connectivity index (χ0v) is 18.2. The number of rotatable bonds is 6. The van der Waals surface area contributed by atoms with Crippen molar-refractivity contribution < 1.29 is 22.7 Å². The number of nitrogens with two attached hydrogens (primary N) is 1. The average molecular weight is 479 g/mol. The van der Waals surface area contributed by atoms with Gasteiger partial charge in [0, 0.05) is 19.0 Å². The number of nitrogens with zero attached hydrogens (tertiary/aromatic N) is 4. The standard InChI is InChI=1S/C21H21F3N6O2S/c22-21(23,24)32-16-5-1-3-13(9-16)10-18(31)27-17-7-6-15(11-26-17)30-8-2-4-14(12-30)19-28-29-20(25)33-19/h1,3,5-7,9,11,14H,2,4,8,10,12H2,(H2,25,29)(H,26,27,31). The van der Waals surface area contributed by atoms with Gasteiger partial charge < -0.3 is 20.7 Å².